The first-order valence-corrected chi connectivity index (χ1v) is 4.96. The molecule has 0 amide bonds. The molecular weight excluding hydrogens is 180 g/mol. The van der Waals surface area contributed by atoms with Crippen molar-refractivity contribution in [2.24, 2.45) is 5.92 Å². The summed E-state index contributed by atoms with van der Waals surface area (Å²) in [5, 5.41) is 0. The minimum atomic E-state index is -0.488. The van der Waals surface area contributed by atoms with Crippen LogP contribution >= 0.6 is 0 Å². The number of carbonyl (C=O) groups excluding carboxylic acids is 1. The van der Waals surface area contributed by atoms with Gasteiger partial charge in [0.2, 0.25) is 0 Å². The number of rotatable bonds is 7. The summed E-state index contributed by atoms with van der Waals surface area (Å²) in [5.41, 5.74) is 8.23. The Kier molecular flexibility index (Phi) is 6.89. The first-order chi connectivity index (χ1) is 6.63. The fourth-order valence-electron chi connectivity index (χ4n) is 1.09. The fraction of sp³-hybridized carbons (Fsp3) is 0.800. The van der Waals surface area contributed by atoms with E-state index in [0.29, 0.717) is 6.61 Å². The summed E-state index contributed by atoms with van der Waals surface area (Å²) in [6.45, 7) is 6.44. The second-order valence-electron chi connectivity index (χ2n) is 3.54. The molecule has 0 radical (unpaired) electrons. The Morgan fingerprint density at radius 3 is 2.64 bits per heavy atom. The van der Waals surface area contributed by atoms with E-state index in [0.717, 1.165) is 19.1 Å². The summed E-state index contributed by atoms with van der Waals surface area (Å²) in [6, 6.07) is 0. The van der Waals surface area contributed by atoms with Crippen LogP contribution in [0.3, 0.4) is 0 Å². The Morgan fingerprint density at radius 1 is 1.57 bits per heavy atom. The number of unbranched alkanes of at least 4 members (excludes halogenated alkanes) is 1. The largest absolute Gasteiger partial charge is 0.369 e. The van der Waals surface area contributed by atoms with Crippen molar-refractivity contribution >= 4 is 12.0 Å². The van der Waals surface area contributed by atoms with Crippen molar-refractivity contribution in [2.75, 3.05) is 6.61 Å². The summed E-state index contributed by atoms with van der Waals surface area (Å²) >= 11 is 0. The summed E-state index contributed by atoms with van der Waals surface area (Å²) in [4.78, 5) is 14.1. The van der Waals surface area contributed by atoms with Crippen molar-refractivity contribution in [1.29, 1.82) is 0 Å². The Balaban J connectivity index is 4.14. The molecule has 0 bridgehead atoms. The van der Waals surface area contributed by atoms with E-state index in [-0.39, 0.29) is 11.7 Å². The van der Waals surface area contributed by atoms with Crippen LogP contribution in [0, 0.1) is 5.92 Å². The van der Waals surface area contributed by atoms with Crippen molar-refractivity contribution < 1.29 is 14.3 Å². The van der Waals surface area contributed by atoms with E-state index in [4.69, 9.17) is 10.3 Å². The van der Waals surface area contributed by atoms with Crippen LogP contribution in [0.25, 0.3) is 5.53 Å². The topological polar surface area (TPSA) is 62.7 Å². The SMILES string of the molecule is CCCCO[C@H](C(=O)C=[N+]=[N-])C(C)C. The average Bonchev–Trinajstić information content (AvgIpc) is 2.12. The predicted octanol–water partition coefficient (Wildman–Crippen LogP) is 1.70. The van der Waals surface area contributed by atoms with Gasteiger partial charge in [-0.1, -0.05) is 27.2 Å². The van der Waals surface area contributed by atoms with Gasteiger partial charge in [-0.15, -0.1) is 0 Å². The average molecular weight is 198 g/mol. The molecular formula is C10H18N2O2. The second-order valence-corrected chi connectivity index (χ2v) is 3.54. The Hall–Kier alpha value is -0.990. The number of Topliss-reactive ketones (excluding diaryl/α,β-unsaturated/α-hetero) is 1. The fourth-order valence-corrected chi connectivity index (χ4v) is 1.09. The lowest BCUT2D eigenvalue weighted by atomic mass is 10.0. The maximum atomic E-state index is 11.3. The summed E-state index contributed by atoms with van der Waals surface area (Å²) in [7, 11) is 0. The van der Waals surface area contributed by atoms with Gasteiger partial charge in [0, 0.05) is 6.61 Å². The number of ether oxygens (including phenoxy) is 1. The highest BCUT2D eigenvalue weighted by atomic mass is 16.5. The second kappa shape index (κ2) is 7.42. The maximum absolute atomic E-state index is 11.3. The van der Waals surface area contributed by atoms with Gasteiger partial charge in [-0.05, 0) is 12.3 Å². The van der Waals surface area contributed by atoms with Crippen molar-refractivity contribution in [3.05, 3.63) is 5.53 Å². The van der Waals surface area contributed by atoms with Gasteiger partial charge in [0.15, 0.2) is 0 Å². The van der Waals surface area contributed by atoms with Crippen LogP contribution in [0.4, 0.5) is 0 Å². The van der Waals surface area contributed by atoms with Crippen LogP contribution in [0.5, 0.6) is 0 Å². The molecule has 0 aromatic rings. The van der Waals surface area contributed by atoms with Gasteiger partial charge in [-0.25, -0.2) is 0 Å². The number of hydrogen-bond acceptors (Lipinski definition) is 2. The van der Waals surface area contributed by atoms with Gasteiger partial charge in [0.05, 0.1) is 0 Å². The summed E-state index contributed by atoms with van der Waals surface area (Å²) < 4.78 is 5.41. The Bertz CT molecular complexity index is 220. The zero-order valence-corrected chi connectivity index (χ0v) is 9.06. The van der Waals surface area contributed by atoms with E-state index in [1.165, 1.54) is 0 Å². The third-order valence-electron chi connectivity index (χ3n) is 1.87. The number of nitrogens with zero attached hydrogens (tertiary/aromatic N) is 2. The smallest absolute Gasteiger partial charge is 0.325 e. The van der Waals surface area contributed by atoms with Crippen LogP contribution in [0.1, 0.15) is 33.6 Å². The van der Waals surface area contributed by atoms with Gasteiger partial charge >= 0.3 is 6.21 Å². The zero-order valence-electron chi connectivity index (χ0n) is 9.06. The molecule has 0 heterocycles. The number of carbonyl (C=O) groups is 1. The van der Waals surface area contributed by atoms with E-state index in [1.54, 1.807) is 0 Å². The lowest BCUT2D eigenvalue weighted by Crippen LogP contribution is -2.31. The van der Waals surface area contributed by atoms with Crippen molar-refractivity contribution in [2.45, 2.75) is 39.7 Å². The van der Waals surface area contributed by atoms with E-state index >= 15 is 0 Å². The molecule has 0 aromatic heterocycles. The molecule has 0 aliphatic heterocycles. The molecule has 0 saturated heterocycles. The minimum absolute atomic E-state index is 0.0948. The van der Waals surface area contributed by atoms with E-state index in [9.17, 15) is 4.79 Å². The molecule has 0 spiro atoms. The molecule has 14 heavy (non-hydrogen) atoms. The summed E-state index contributed by atoms with van der Waals surface area (Å²) in [5.74, 6) is -0.184. The van der Waals surface area contributed by atoms with E-state index in [1.807, 2.05) is 13.8 Å². The molecule has 1 atom stereocenters. The number of hydrogen-bond donors (Lipinski definition) is 0. The van der Waals surface area contributed by atoms with E-state index < -0.39 is 6.10 Å². The van der Waals surface area contributed by atoms with E-state index in [2.05, 4.69) is 11.7 Å². The first-order valence-electron chi connectivity index (χ1n) is 4.96. The third-order valence-corrected chi connectivity index (χ3v) is 1.87. The van der Waals surface area contributed by atoms with Crippen LogP contribution in [0.2, 0.25) is 0 Å². The predicted molar refractivity (Wildman–Crippen MR) is 54.2 cm³/mol. The molecule has 80 valence electrons. The Morgan fingerprint density at radius 2 is 2.21 bits per heavy atom. The molecule has 0 aliphatic rings. The number of ketones is 1. The van der Waals surface area contributed by atoms with Gasteiger partial charge in [-0.2, -0.15) is 4.79 Å². The third kappa shape index (κ3) is 4.90. The monoisotopic (exact) mass is 198 g/mol. The van der Waals surface area contributed by atoms with Crippen LogP contribution in [-0.4, -0.2) is 29.5 Å². The summed E-state index contributed by atoms with van der Waals surface area (Å²) in [6.07, 6.45) is 2.38. The van der Waals surface area contributed by atoms with Crippen molar-refractivity contribution in [3.63, 3.8) is 0 Å². The highest BCUT2D eigenvalue weighted by Gasteiger charge is 2.23. The van der Waals surface area contributed by atoms with Crippen LogP contribution in [0.15, 0.2) is 0 Å². The normalized spacial score (nSPS) is 12.3. The van der Waals surface area contributed by atoms with Crippen molar-refractivity contribution in [3.8, 4) is 0 Å². The molecule has 0 rings (SSSR count). The van der Waals surface area contributed by atoms with Gasteiger partial charge in [0.1, 0.15) is 6.10 Å². The maximum Gasteiger partial charge on any atom is 0.325 e. The first kappa shape index (κ1) is 13.0. The molecule has 4 heteroatoms. The highest BCUT2D eigenvalue weighted by Crippen LogP contribution is 2.07. The van der Waals surface area contributed by atoms with Gasteiger partial charge < -0.3 is 10.3 Å². The molecule has 0 aliphatic carbocycles. The lowest BCUT2D eigenvalue weighted by Gasteiger charge is -2.16. The standard InChI is InChI=1S/C10H18N2O2/c1-4-5-6-14-10(8(2)3)9(13)7-12-11/h7-8,10H,4-6H2,1-3H3/t10-/m0/s1. The molecule has 4 nitrogen and oxygen atoms in total. The van der Waals surface area contributed by atoms with Crippen molar-refractivity contribution in [1.82, 2.24) is 0 Å². The minimum Gasteiger partial charge on any atom is -0.369 e. The highest BCUT2D eigenvalue weighted by molar-refractivity contribution is 6.27. The molecule has 0 saturated carbocycles. The van der Waals surface area contributed by atoms with Crippen LogP contribution < -0.4 is 0 Å². The molecule has 0 aromatic carbocycles. The quantitative estimate of drug-likeness (QED) is 0.270. The van der Waals surface area contributed by atoms with Gasteiger partial charge in [0.25, 0.3) is 5.78 Å². The van der Waals surface area contributed by atoms with Gasteiger partial charge in [-0.3, -0.25) is 4.79 Å². The van der Waals surface area contributed by atoms with Crippen LogP contribution in [-0.2, 0) is 9.53 Å². The zero-order chi connectivity index (χ0) is 11.0. The lowest BCUT2D eigenvalue weighted by molar-refractivity contribution is -0.129. The Labute approximate surface area is 84.9 Å². The molecule has 0 fully saturated rings. The molecule has 0 unspecified atom stereocenters. The molecule has 0 N–H and O–H groups in total.